The predicted octanol–water partition coefficient (Wildman–Crippen LogP) is 4.38. The number of nitro benzene ring substituents is 1. The van der Waals surface area contributed by atoms with Crippen molar-refractivity contribution in [2.45, 2.75) is 22.6 Å². The first kappa shape index (κ1) is 17.4. The SMILES string of the molecule is CN(C)CCCc1cc([N+](=O)[O-])ccc1Sc1ccc(F)cc1. The third-order valence-electron chi connectivity index (χ3n) is 3.35. The molecule has 0 spiro atoms. The number of hydrogen-bond donors (Lipinski definition) is 0. The molecule has 6 heteroatoms. The normalized spacial score (nSPS) is 11.0. The Kier molecular flexibility index (Phi) is 6.12. The van der Waals surface area contributed by atoms with Gasteiger partial charge in [0.15, 0.2) is 0 Å². The molecule has 0 aliphatic rings. The molecule has 0 atom stereocenters. The molecule has 0 saturated heterocycles. The van der Waals surface area contributed by atoms with Gasteiger partial charge in [-0.3, -0.25) is 10.1 Å². The van der Waals surface area contributed by atoms with Gasteiger partial charge in [-0.1, -0.05) is 11.8 Å². The van der Waals surface area contributed by atoms with E-state index >= 15 is 0 Å². The number of rotatable bonds is 7. The highest BCUT2D eigenvalue weighted by Gasteiger charge is 2.12. The number of hydrogen-bond acceptors (Lipinski definition) is 4. The van der Waals surface area contributed by atoms with Crippen LogP contribution in [0.25, 0.3) is 0 Å². The molecule has 0 aromatic heterocycles. The predicted molar refractivity (Wildman–Crippen MR) is 90.5 cm³/mol. The molecule has 0 amide bonds. The van der Waals surface area contributed by atoms with Gasteiger partial charge in [-0.05, 0) is 69.4 Å². The Morgan fingerprint density at radius 1 is 1.17 bits per heavy atom. The van der Waals surface area contributed by atoms with Crippen molar-refractivity contribution in [3.63, 3.8) is 0 Å². The van der Waals surface area contributed by atoms with E-state index in [2.05, 4.69) is 4.90 Å². The molecule has 0 radical (unpaired) electrons. The van der Waals surface area contributed by atoms with Crippen molar-refractivity contribution in [2.24, 2.45) is 0 Å². The van der Waals surface area contributed by atoms with E-state index in [1.54, 1.807) is 24.3 Å². The average Bonchev–Trinajstić information content (AvgIpc) is 2.50. The van der Waals surface area contributed by atoms with Crippen molar-refractivity contribution in [1.82, 2.24) is 4.90 Å². The zero-order valence-corrected chi connectivity index (χ0v) is 14.0. The molecule has 2 rings (SSSR count). The molecule has 0 fully saturated rings. The van der Waals surface area contributed by atoms with Gasteiger partial charge in [-0.25, -0.2) is 4.39 Å². The molecule has 0 bridgehead atoms. The van der Waals surface area contributed by atoms with Crippen LogP contribution < -0.4 is 0 Å². The van der Waals surface area contributed by atoms with Crippen LogP contribution in [0.5, 0.6) is 0 Å². The first-order valence-corrected chi connectivity index (χ1v) is 8.13. The zero-order chi connectivity index (χ0) is 16.8. The fourth-order valence-corrected chi connectivity index (χ4v) is 3.14. The summed E-state index contributed by atoms with van der Waals surface area (Å²) in [6.07, 6.45) is 1.69. The van der Waals surface area contributed by atoms with E-state index in [1.165, 1.54) is 30.0 Å². The van der Waals surface area contributed by atoms with Gasteiger partial charge >= 0.3 is 0 Å². The van der Waals surface area contributed by atoms with Crippen LogP contribution >= 0.6 is 11.8 Å². The van der Waals surface area contributed by atoms with Crippen LogP contribution in [0.2, 0.25) is 0 Å². The van der Waals surface area contributed by atoms with Gasteiger partial charge in [-0.2, -0.15) is 0 Å². The van der Waals surface area contributed by atoms with E-state index < -0.39 is 0 Å². The maximum absolute atomic E-state index is 13.0. The minimum Gasteiger partial charge on any atom is -0.309 e. The lowest BCUT2D eigenvalue weighted by molar-refractivity contribution is -0.385. The Labute approximate surface area is 139 Å². The molecule has 0 aliphatic carbocycles. The summed E-state index contributed by atoms with van der Waals surface area (Å²) in [5.41, 5.74) is 1.06. The molecule has 0 aliphatic heterocycles. The van der Waals surface area contributed by atoms with E-state index in [-0.39, 0.29) is 16.4 Å². The van der Waals surface area contributed by atoms with Crippen LogP contribution in [0.15, 0.2) is 52.3 Å². The standard InChI is InChI=1S/C17H19FN2O2S/c1-19(2)11-3-4-13-12-15(20(21)22)7-10-17(13)23-16-8-5-14(18)6-9-16/h5-10,12H,3-4,11H2,1-2H3. The molecule has 0 heterocycles. The number of nitrogens with zero attached hydrogens (tertiary/aromatic N) is 2. The van der Waals surface area contributed by atoms with Crippen LogP contribution in [0, 0.1) is 15.9 Å². The Bertz CT molecular complexity index is 675. The molecule has 0 unspecified atom stereocenters. The summed E-state index contributed by atoms with van der Waals surface area (Å²) < 4.78 is 13.0. The largest absolute Gasteiger partial charge is 0.309 e. The van der Waals surface area contributed by atoms with Crippen molar-refractivity contribution in [1.29, 1.82) is 0 Å². The van der Waals surface area contributed by atoms with Crippen molar-refractivity contribution < 1.29 is 9.31 Å². The van der Waals surface area contributed by atoms with E-state index in [1.807, 2.05) is 14.1 Å². The van der Waals surface area contributed by atoms with E-state index in [0.29, 0.717) is 0 Å². The summed E-state index contributed by atoms with van der Waals surface area (Å²) in [6.45, 7) is 0.920. The van der Waals surface area contributed by atoms with Crippen molar-refractivity contribution in [3.05, 3.63) is 64.0 Å². The highest BCUT2D eigenvalue weighted by molar-refractivity contribution is 7.99. The second-order valence-corrected chi connectivity index (χ2v) is 6.63. The van der Waals surface area contributed by atoms with Crippen molar-refractivity contribution in [2.75, 3.05) is 20.6 Å². The van der Waals surface area contributed by atoms with Gasteiger partial charge in [0, 0.05) is 21.9 Å². The summed E-state index contributed by atoms with van der Waals surface area (Å²) in [6, 6.07) is 11.2. The summed E-state index contributed by atoms with van der Waals surface area (Å²) in [5.74, 6) is -0.274. The molecule has 2 aromatic rings. The fourth-order valence-electron chi connectivity index (χ4n) is 2.19. The van der Waals surface area contributed by atoms with Gasteiger partial charge in [0.05, 0.1) is 4.92 Å². The van der Waals surface area contributed by atoms with Crippen LogP contribution in [0.1, 0.15) is 12.0 Å². The minimum atomic E-state index is -0.373. The lowest BCUT2D eigenvalue weighted by atomic mass is 10.1. The molecule has 23 heavy (non-hydrogen) atoms. The lowest BCUT2D eigenvalue weighted by Gasteiger charge is -2.12. The zero-order valence-electron chi connectivity index (χ0n) is 13.2. The van der Waals surface area contributed by atoms with E-state index in [9.17, 15) is 14.5 Å². The minimum absolute atomic E-state index is 0.105. The fraction of sp³-hybridized carbons (Fsp3) is 0.294. The van der Waals surface area contributed by atoms with Crippen LogP contribution in [0.3, 0.4) is 0 Å². The summed E-state index contributed by atoms with van der Waals surface area (Å²) in [7, 11) is 4.00. The first-order chi connectivity index (χ1) is 11.0. The van der Waals surface area contributed by atoms with E-state index in [0.717, 1.165) is 34.7 Å². The number of halogens is 1. The highest BCUT2D eigenvalue weighted by atomic mass is 32.2. The summed E-state index contributed by atoms with van der Waals surface area (Å²) in [4.78, 5) is 14.6. The molecular weight excluding hydrogens is 315 g/mol. The second kappa shape index (κ2) is 8.08. The average molecular weight is 334 g/mol. The number of nitro groups is 1. The summed E-state index contributed by atoms with van der Waals surface area (Å²) in [5, 5.41) is 11.0. The second-order valence-electron chi connectivity index (χ2n) is 5.51. The third kappa shape index (κ3) is 5.33. The topological polar surface area (TPSA) is 46.4 Å². The molecule has 4 nitrogen and oxygen atoms in total. The van der Waals surface area contributed by atoms with Gasteiger partial charge < -0.3 is 4.90 Å². The first-order valence-electron chi connectivity index (χ1n) is 7.31. The van der Waals surface area contributed by atoms with Gasteiger partial charge in [0.1, 0.15) is 5.82 Å². The Balaban J connectivity index is 2.21. The Morgan fingerprint density at radius 2 is 1.87 bits per heavy atom. The number of non-ortho nitro benzene ring substituents is 1. The molecule has 2 aromatic carbocycles. The third-order valence-corrected chi connectivity index (χ3v) is 4.47. The van der Waals surface area contributed by atoms with Crippen LogP contribution in [0.4, 0.5) is 10.1 Å². The molecule has 0 saturated carbocycles. The smallest absolute Gasteiger partial charge is 0.269 e. The number of aryl methyl sites for hydroxylation is 1. The number of benzene rings is 2. The maximum atomic E-state index is 13.0. The van der Waals surface area contributed by atoms with Crippen LogP contribution in [-0.4, -0.2) is 30.5 Å². The monoisotopic (exact) mass is 334 g/mol. The molecule has 122 valence electrons. The van der Waals surface area contributed by atoms with Crippen LogP contribution in [-0.2, 0) is 6.42 Å². The highest BCUT2D eigenvalue weighted by Crippen LogP contribution is 2.33. The quantitative estimate of drug-likeness (QED) is 0.557. The molecule has 0 N–H and O–H groups in total. The van der Waals surface area contributed by atoms with Gasteiger partial charge in [0.25, 0.3) is 5.69 Å². The summed E-state index contributed by atoms with van der Waals surface area (Å²) >= 11 is 1.50. The Hall–Kier alpha value is -1.92. The lowest BCUT2D eigenvalue weighted by Crippen LogP contribution is -2.13. The van der Waals surface area contributed by atoms with Gasteiger partial charge in [-0.15, -0.1) is 0 Å². The van der Waals surface area contributed by atoms with E-state index in [4.69, 9.17) is 0 Å². The Morgan fingerprint density at radius 3 is 2.48 bits per heavy atom. The van der Waals surface area contributed by atoms with Crippen molar-refractivity contribution >= 4 is 17.4 Å². The van der Waals surface area contributed by atoms with Crippen molar-refractivity contribution in [3.8, 4) is 0 Å². The molecular formula is C17H19FN2O2S. The maximum Gasteiger partial charge on any atom is 0.269 e. The van der Waals surface area contributed by atoms with Gasteiger partial charge in [0.2, 0.25) is 0 Å².